The Kier molecular flexibility index (Phi) is 5.79. The highest BCUT2D eigenvalue weighted by Crippen LogP contribution is 2.17. The molecule has 0 aliphatic carbocycles. The number of sulfonamides is 1. The lowest BCUT2D eigenvalue weighted by molar-refractivity contribution is 0.268. The number of hydrogen-bond donors (Lipinski definition) is 1. The fourth-order valence-corrected chi connectivity index (χ4v) is 4.03. The van der Waals surface area contributed by atoms with Crippen molar-refractivity contribution in [2.45, 2.75) is 50.5 Å². The smallest absolute Gasteiger partial charge is 0.240 e. The molecule has 21 heavy (non-hydrogen) atoms. The topological polar surface area (TPSA) is 49.4 Å². The number of hydrogen-bond acceptors (Lipinski definition) is 3. The Morgan fingerprint density at radius 2 is 1.95 bits per heavy atom. The van der Waals surface area contributed by atoms with Gasteiger partial charge in [-0.1, -0.05) is 32.4 Å². The van der Waals surface area contributed by atoms with Crippen molar-refractivity contribution in [2.75, 3.05) is 19.6 Å². The SMILES string of the molecule is CCCc1ccc(S(=O)(=O)NC[C@@H]2CCCN2CC)cc1. The number of likely N-dealkylation sites (tertiary alicyclic amines) is 1. The second-order valence-electron chi connectivity index (χ2n) is 5.67. The van der Waals surface area contributed by atoms with Crippen LogP contribution in [0.25, 0.3) is 0 Å². The normalized spacial score (nSPS) is 20.0. The molecule has 1 atom stereocenters. The molecule has 1 aliphatic rings. The Bertz CT molecular complexity index is 540. The zero-order chi connectivity index (χ0) is 15.3. The van der Waals surface area contributed by atoms with E-state index in [1.54, 1.807) is 12.1 Å². The van der Waals surface area contributed by atoms with Crippen LogP contribution in [0.4, 0.5) is 0 Å². The Labute approximate surface area is 128 Å². The van der Waals surface area contributed by atoms with Gasteiger partial charge in [-0.25, -0.2) is 13.1 Å². The van der Waals surface area contributed by atoms with E-state index in [1.165, 1.54) is 5.56 Å². The number of nitrogens with zero attached hydrogens (tertiary/aromatic N) is 1. The fourth-order valence-electron chi connectivity index (χ4n) is 2.96. The summed E-state index contributed by atoms with van der Waals surface area (Å²) in [7, 11) is -3.39. The third kappa shape index (κ3) is 4.28. The molecule has 0 bridgehead atoms. The molecular weight excluding hydrogens is 284 g/mol. The highest BCUT2D eigenvalue weighted by Gasteiger charge is 2.24. The monoisotopic (exact) mass is 310 g/mol. The van der Waals surface area contributed by atoms with Crippen molar-refractivity contribution in [3.8, 4) is 0 Å². The molecular formula is C16H26N2O2S. The van der Waals surface area contributed by atoms with Gasteiger partial charge in [-0.2, -0.15) is 0 Å². The zero-order valence-electron chi connectivity index (χ0n) is 13.0. The van der Waals surface area contributed by atoms with Crippen molar-refractivity contribution >= 4 is 10.0 Å². The van der Waals surface area contributed by atoms with Gasteiger partial charge in [-0.15, -0.1) is 0 Å². The van der Waals surface area contributed by atoms with Crippen LogP contribution in [0.15, 0.2) is 29.2 Å². The van der Waals surface area contributed by atoms with Crippen molar-refractivity contribution in [3.05, 3.63) is 29.8 Å². The number of aryl methyl sites for hydroxylation is 1. The summed E-state index contributed by atoms with van der Waals surface area (Å²) in [6.07, 6.45) is 4.29. The fraction of sp³-hybridized carbons (Fsp3) is 0.625. The van der Waals surface area contributed by atoms with Gasteiger partial charge in [0.15, 0.2) is 0 Å². The first-order valence-electron chi connectivity index (χ1n) is 7.89. The van der Waals surface area contributed by atoms with Gasteiger partial charge in [0.2, 0.25) is 10.0 Å². The molecule has 1 aromatic rings. The zero-order valence-corrected chi connectivity index (χ0v) is 13.8. The highest BCUT2D eigenvalue weighted by atomic mass is 32.2. The molecule has 0 amide bonds. The summed E-state index contributed by atoms with van der Waals surface area (Å²) in [6, 6.07) is 7.57. The van der Waals surface area contributed by atoms with E-state index in [2.05, 4.69) is 23.5 Å². The first-order valence-corrected chi connectivity index (χ1v) is 9.37. The maximum atomic E-state index is 12.3. The maximum absolute atomic E-state index is 12.3. The summed E-state index contributed by atoms with van der Waals surface area (Å²) in [4.78, 5) is 2.70. The molecule has 0 aromatic heterocycles. The van der Waals surface area contributed by atoms with Crippen LogP contribution in [-0.2, 0) is 16.4 Å². The standard InChI is InChI=1S/C16H26N2O2S/c1-3-6-14-8-10-16(11-9-14)21(19,20)17-13-15-7-5-12-18(15)4-2/h8-11,15,17H,3-7,12-13H2,1-2H3/t15-/m0/s1. The summed E-state index contributed by atoms with van der Waals surface area (Å²) in [5, 5.41) is 0. The van der Waals surface area contributed by atoms with Gasteiger partial charge in [-0.05, 0) is 50.0 Å². The Morgan fingerprint density at radius 1 is 1.24 bits per heavy atom. The van der Waals surface area contributed by atoms with Crippen LogP contribution in [0.3, 0.4) is 0 Å². The minimum atomic E-state index is -3.39. The average Bonchev–Trinajstić information content (AvgIpc) is 2.94. The van der Waals surface area contributed by atoms with E-state index in [4.69, 9.17) is 0 Å². The summed E-state index contributed by atoms with van der Waals surface area (Å²) in [5.41, 5.74) is 1.18. The lowest BCUT2D eigenvalue weighted by Crippen LogP contribution is -2.39. The van der Waals surface area contributed by atoms with E-state index in [1.807, 2.05) is 12.1 Å². The van der Waals surface area contributed by atoms with Crippen molar-refractivity contribution in [1.29, 1.82) is 0 Å². The molecule has 5 heteroatoms. The third-order valence-electron chi connectivity index (χ3n) is 4.19. The molecule has 1 aliphatic heterocycles. The van der Waals surface area contributed by atoms with Crippen LogP contribution in [0.2, 0.25) is 0 Å². The molecule has 1 N–H and O–H groups in total. The van der Waals surface area contributed by atoms with Gasteiger partial charge in [0.25, 0.3) is 0 Å². The third-order valence-corrected chi connectivity index (χ3v) is 5.63. The summed E-state index contributed by atoms with van der Waals surface area (Å²) in [6.45, 7) is 6.81. The van der Waals surface area contributed by atoms with Crippen LogP contribution in [0.1, 0.15) is 38.7 Å². The Hall–Kier alpha value is -0.910. The number of rotatable bonds is 7. The van der Waals surface area contributed by atoms with Gasteiger partial charge in [0.05, 0.1) is 4.90 Å². The van der Waals surface area contributed by atoms with E-state index >= 15 is 0 Å². The van der Waals surface area contributed by atoms with Crippen molar-refractivity contribution < 1.29 is 8.42 Å². The van der Waals surface area contributed by atoms with Gasteiger partial charge < -0.3 is 0 Å². The Morgan fingerprint density at radius 3 is 2.57 bits per heavy atom. The molecule has 2 rings (SSSR count). The Balaban J connectivity index is 1.97. The molecule has 1 aromatic carbocycles. The molecule has 0 spiro atoms. The second kappa shape index (κ2) is 7.38. The van der Waals surface area contributed by atoms with Crippen LogP contribution in [0, 0.1) is 0 Å². The maximum Gasteiger partial charge on any atom is 0.240 e. The molecule has 1 saturated heterocycles. The first kappa shape index (κ1) is 16.5. The summed E-state index contributed by atoms with van der Waals surface area (Å²) in [5.74, 6) is 0. The molecule has 1 fully saturated rings. The number of likely N-dealkylation sites (N-methyl/N-ethyl adjacent to an activating group) is 1. The van der Waals surface area contributed by atoms with E-state index < -0.39 is 10.0 Å². The van der Waals surface area contributed by atoms with E-state index in [0.717, 1.165) is 38.8 Å². The van der Waals surface area contributed by atoms with Crippen molar-refractivity contribution in [3.63, 3.8) is 0 Å². The number of benzene rings is 1. The second-order valence-corrected chi connectivity index (χ2v) is 7.44. The van der Waals surface area contributed by atoms with E-state index in [9.17, 15) is 8.42 Å². The molecule has 0 saturated carbocycles. The van der Waals surface area contributed by atoms with Gasteiger partial charge in [0.1, 0.15) is 0 Å². The molecule has 0 radical (unpaired) electrons. The lowest BCUT2D eigenvalue weighted by atomic mass is 10.1. The van der Waals surface area contributed by atoms with Crippen LogP contribution < -0.4 is 4.72 Å². The van der Waals surface area contributed by atoms with Crippen molar-refractivity contribution in [2.24, 2.45) is 0 Å². The first-order chi connectivity index (χ1) is 10.1. The largest absolute Gasteiger partial charge is 0.299 e. The van der Waals surface area contributed by atoms with Gasteiger partial charge in [-0.3, -0.25) is 4.90 Å². The van der Waals surface area contributed by atoms with Crippen LogP contribution in [-0.4, -0.2) is 39.0 Å². The predicted molar refractivity (Wildman–Crippen MR) is 85.9 cm³/mol. The lowest BCUT2D eigenvalue weighted by Gasteiger charge is -2.22. The molecule has 0 unspecified atom stereocenters. The molecule has 4 nitrogen and oxygen atoms in total. The predicted octanol–water partition coefficient (Wildman–Crippen LogP) is 2.40. The number of nitrogens with one attached hydrogen (secondary N) is 1. The van der Waals surface area contributed by atoms with Gasteiger partial charge in [0, 0.05) is 12.6 Å². The minimum absolute atomic E-state index is 0.337. The van der Waals surface area contributed by atoms with Crippen LogP contribution >= 0.6 is 0 Å². The minimum Gasteiger partial charge on any atom is -0.299 e. The van der Waals surface area contributed by atoms with E-state index in [-0.39, 0.29) is 0 Å². The quantitative estimate of drug-likeness (QED) is 0.841. The summed E-state index contributed by atoms with van der Waals surface area (Å²) < 4.78 is 27.4. The summed E-state index contributed by atoms with van der Waals surface area (Å²) >= 11 is 0. The van der Waals surface area contributed by atoms with Crippen LogP contribution in [0.5, 0.6) is 0 Å². The molecule has 1 heterocycles. The van der Waals surface area contributed by atoms with Gasteiger partial charge >= 0.3 is 0 Å². The highest BCUT2D eigenvalue weighted by molar-refractivity contribution is 7.89. The average molecular weight is 310 g/mol. The molecule has 118 valence electrons. The van der Waals surface area contributed by atoms with Crippen molar-refractivity contribution in [1.82, 2.24) is 9.62 Å². The van der Waals surface area contributed by atoms with E-state index in [0.29, 0.717) is 17.5 Å².